The molecule has 1 aromatic carbocycles. The molecule has 0 spiro atoms. The second kappa shape index (κ2) is 8.47. The number of carbonyl (C=O) groups is 1. The molecule has 0 saturated carbocycles. The minimum atomic E-state index is -3.47. The Labute approximate surface area is 150 Å². The van der Waals surface area contributed by atoms with Gasteiger partial charge in [0.15, 0.2) is 0 Å². The summed E-state index contributed by atoms with van der Waals surface area (Å²) in [5, 5.41) is 2.99. The van der Waals surface area contributed by atoms with E-state index in [2.05, 4.69) is 28.9 Å². The SMILES string of the molecule is CC(C)C(C)NC(=O)CCCCCN=C1NS(=O)(=O)c2ccccc21. The van der Waals surface area contributed by atoms with E-state index >= 15 is 0 Å². The van der Waals surface area contributed by atoms with Crippen LogP contribution in [0.3, 0.4) is 0 Å². The van der Waals surface area contributed by atoms with Crippen LogP contribution in [0, 0.1) is 5.92 Å². The van der Waals surface area contributed by atoms with Crippen LogP contribution >= 0.6 is 0 Å². The van der Waals surface area contributed by atoms with Crippen molar-refractivity contribution in [1.29, 1.82) is 0 Å². The minimum Gasteiger partial charge on any atom is -0.353 e. The van der Waals surface area contributed by atoms with E-state index in [9.17, 15) is 13.2 Å². The molecule has 2 N–H and O–H groups in total. The molecule has 0 aliphatic carbocycles. The number of amides is 1. The zero-order valence-corrected chi connectivity index (χ0v) is 15.9. The van der Waals surface area contributed by atoms with E-state index in [-0.39, 0.29) is 16.8 Å². The van der Waals surface area contributed by atoms with E-state index in [1.807, 2.05) is 6.92 Å². The summed E-state index contributed by atoms with van der Waals surface area (Å²) in [7, 11) is -3.47. The molecule has 0 fully saturated rings. The average molecular weight is 365 g/mol. The number of unbranched alkanes of at least 4 members (excludes halogenated alkanes) is 2. The van der Waals surface area contributed by atoms with E-state index in [0.29, 0.717) is 30.3 Å². The Kier molecular flexibility index (Phi) is 6.58. The van der Waals surface area contributed by atoms with Gasteiger partial charge in [-0.15, -0.1) is 0 Å². The summed E-state index contributed by atoms with van der Waals surface area (Å²) in [5.41, 5.74) is 0.629. The zero-order valence-electron chi connectivity index (χ0n) is 15.1. The molecule has 2 rings (SSSR count). The maximum atomic E-state index is 12.0. The van der Waals surface area contributed by atoms with Crippen LogP contribution in [0.25, 0.3) is 0 Å². The third kappa shape index (κ3) is 5.29. The van der Waals surface area contributed by atoms with Crippen molar-refractivity contribution in [3.8, 4) is 0 Å². The Morgan fingerprint density at radius 1 is 1.16 bits per heavy atom. The Morgan fingerprint density at radius 3 is 2.60 bits per heavy atom. The van der Waals surface area contributed by atoms with Gasteiger partial charge in [-0.1, -0.05) is 32.4 Å². The van der Waals surface area contributed by atoms with Crippen LogP contribution in [-0.4, -0.2) is 32.7 Å². The van der Waals surface area contributed by atoms with Gasteiger partial charge in [0.25, 0.3) is 10.0 Å². The van der Waals surface area contributed by atoms with E-state index in [1.165, 1.54) is 0 Å². The summed E-state index contributed by atoms with van der Waals surface area (Å²) in [4.78, 5) is 16.4. The Bertz CT molecular complexity index is 742. The van der Waals surface area contributed by atoms with Crippen molar-refractivity contribution in [3.05, 3.63) is 29.8 Å². The van der Waals surface area contributed by atoms with Crippen molar-refractivity contribution in [3.63, 3.8) is 0 Å². The molecule has 7 heteroatoms. The largest absolute Gasteiger partial charge is 0.353 e. The third-order valence-corrected chi connectivity index (χ3v) is 5.78. The molecule has 25 heavy (non-hydrogen) atoms. The smallest absolute Gasteiger partial charge is 0.263 e. The van der Waals surface area contributed by atoms with Crippen LogP contribution in [0.4, 0.5) is 0 Å². The number of hydrogen-bond acceptors (Lipinski definition) is 4. The van der Waals surface area contributed by atoms with Crippen LogP contribution in [0.1, 0.15) is 52.0 Å². The van der Waals surface area contributed by atoms with Gasteiger partial charge in [0.1, 0.15) is 5.84 Å². The minimum absolute atomic E-state index is 0.0880. The molecule has 1 unspecified atom stereocenters. The summed E-state index contributed by atoms with van der Waals surface area (Å²) in [6.07, 6.45) is 3.03. The number of aliphatic imine (C=N–C) groups is 1. The lowest BCUT2D eigenvalue weighted by molar-refractivity contribution is -0.122. The highest BCUT2D eigenvalue weighted by molar-refractivity contribution is 7.90. The predicted octanol–water partition coefficient (Wildman–Crippen LogP) is 2.45. The number of hydrogen-bond donors (Lipinski definition) is 2. The van der Waals surface area contributed by atoms with Crippen molar-refractivity contribution < 1.29 is 13.2 Å². The van der Waals surface area contributed by atoms with Crippen LogP contribution < -0.4 is 10.0 Å². The lowest BCUT2D eigenvalue weighted by Crippen LogP contribution is -2.35. The number of sulfonamides is 1. The number of benzene rings is 1. The molecule has 0 aromatic heterocycles. The molecular weight excluding hydrogens is 338 g/mol. The number of rotatable bonds is 8. The van der Waals surface area contributed by atoms with Gasteiger partial charge in [0, 0.05) is 24.6 Å². The van der Waals surface area contributed by atoms with Crippen LogP contribution in [-0.2, 0) is 14.8 Å². The Morgan fingerprint density at radius 2 is 1.88 bits per heavy atom. The first-order chi connectivity index (χ1) is 11.8. The molecule has 0 saturated heterocycles. The fraction of sp³-hybridized carbons (Fsp3) is 0.556. The summed E-state index contributed by atoms with van der Waals surface area (Å²) in [5.74, 6) is 0.932. The molecule has 1 atom stereocenters. The maximum absolute atomic E-state index is 12.0. The summed E-state index contributed by atoms with van der Waals surface area (Å²) in [6.45, 7) is 6.72. The molecule has 1 aromatic rings. The summed E-state index contributed by atoms with van der Waals surface area (Å²) < 4.78 is 26.4. The first kappa shape index (κ1) is 19.4. The fourth-order valence-corrected chi connectivity index (χ4v) is 3.76. The van der Waals surface area contributed by atoms with Gasteiger partial charge in [0.05, 0.1) is 4.90 Å². The van der Waals surface area contributed by atoms with Gasteiger partial charge in [-0.25, -0.2) is 8.42 Å². The highest BCUT2D eigenvalue weighted by Gasteiger charge is 2.29. The van der Waals surface area contributed by atoms with Crippen molar-refractivity contribution in [2.75, 3.05) is 6.54 Å². The van der Waals surface area contributed by atoms with Crippen molar-refractivity contribution in [1.82, 2.24) is 10.0 Å². The molecule has 138 valence electrons. The zero-order chi connectivity index (χ0) is 18.4. The van der Waals surface area contributed by atoms with Gasteiger partial charge in [-0.05, 0) is 37.8 Å². The number of fused-ring (bicyclic) bond motifs is 1. The molecule has 0 bridgehead atoms. The van der Waals surface area contributed by atoms with Crippen LogP contribution in [0.15, 0.2) is 34.2 Å². The Hall–Kier alpha value is -1.89. The number of carbonyl (C=O) groups excluding carboxylic acids is 1. The topological polar surface area (TPSA) is 87.6 Å². The lowest BCUT2D eigenvalue weighted by Gasteiger charge is -2.17. The normalized spacial score (nSPS) is 18.0. The highest BCUT2D eigenvalue weighted by Crippen LogP contribution is 2.22. The molecule has 0 radical (unpaired) electrons. The fourth-order valence-electron chi connectivity index (χ4n) is 2.51. The van der Waals surface area contributed by atoms with Crippen molar-refractivity contribution in [2.45, 2.75) is 57.4 Å². The van der Waals surface area contributed by atoms with Crippen molar-refractivity contribution in [2.24, 2.45) is 10.9 Å². The van der Waals surface area contributed by atoms with Crippen LogP contribution in [0.2, 0.25) is 0 Å². The number of amidine groups is 1. The van der Waals surface area contributed by atoms with Gasteiger partial charge in [-0.3, -0.25) is 14.5 Å². The van der Waals surface area contributed by atoms with E-state index < -0.39 is 10.0 Å². The molecule has 1 heterocycles. The van der Waals surface area contributed by atoms with Gasteiger partial charge >= 0.3 is 0 Å². The number of nitrogens with zero attached hydrogens (tertiary/aromatic N) is 1. The monoisotopic (exact) mass is 365 g/mol. The maximum Gasteiger partial charge on any atom is 0.263 e. The van der Waals surface area contributed by atoms with Crippen molar-refractivity contribution >= 4 is 21.8 Å². The molecule has 1 aliphatic heterocycles. The molecule has 1 amide bonds. The standard InChI is InChI=1S/C18H27N3O3S/c1-13(2)14(3)20-17(22)11-5-4-8-12-19-18-15-9-6-7-10-16(15)25(23,24)21-18/h6-7,9-10,13-14H,4-5,8,11-12H2,1-3H3,(H,19,21)(H,20,22). The summed E-state index contributed by atoms with van der Waals surface area (Å²) >= 11 is 0. The van der Waals surface area contributed by atoms with Gasteiger partial charge < -0.3 is 5.32 Å². The molecular formula is C18H27N3O3S. The average Bonchev–Trinajstić information content (AvgIpc) is 2.82. The lowest BCUT2D eigenvalue weighted by atomic mass is 10.1. The Balaban J connectivity index is 1.74. The second-order valence-electron chi connectivity index (χ2n) is 6.74. The van der Waals surface area contributed by atoms with E-state index in [4.69, 9.17) is 0 Å². The first-order valence-corrected chi connectivity index (χ1v) is 10.3. The van der Waals surface area contributed by atoms with Gasteiger partial charge in [-0.2, -0.15) is 0 Å². The van der Waals surface area contributed by atoms with Gasteiger partial charge in [0.2, 0.25) is 5.91 Å². The first-order valence-electron chi connectivity index (χ1n) is 8.77. The molecule has 1 aliphatic rings. The second-order valence-corrected chi connectivity index (χ2v) is 8.39. The van der Waals surface area contributed by atoms with Crippen LogP contribution in [0.5, 0.6) is 0 Å². The van der Waals surface area contributed by atoms with E-state index in [1.54, 1.807) is 24.3 Å². The van der Waals surface area contributed by atoms with E-state index in [0.717, 1.165) is 19.3 Å². The third-order valence-electron chi connectivity index (χ3n) is 4.38. The summed E-state index contributed by atoms with van der Waals surface area (Å²) in [6, 6.07) is 7.03. The highest BCUT2D eigenvalue weighted by atomic mass is 32.2. The number of nitrogens with one attached hydrogen (secondary N) is 2. The predicted molar refractivity (Wildman–Crippen MR) is 99.1 cm³/mol. The molecule has 6 nitrogen and oxygen atoms in total. The quantitative estimate of drug-likeness (QED) is 0.694.